The number of para-hydroxylation sites is 2. The van der Waals surface area contributed by atoms with Gasteiger partial charge in [0.05, 0.1) is 17.2 Å². The predicted octanol–water partition coefficient (Wildman–Crippen LogP) is 4.44. The number of piperidine rings is 1. The zero-order valence-electron chi connectivity index (χ0n) is 14.6. The Morgan fingerprint density at radius 2 is 2.08 bits per heavy atom. The largest absolute Gasteiger partial charge is 0.355 e. The van der Waals surface area contributed by atoms with E-state index in [1.54, 1.807) is 12.5 Å². The van der Waals surface area contributed by atoms with E-state index in [1.807, 2.05) is 0 Å². The lowest BCUT2D eigenvalue weighted by Crippen LogP contribution is -2.36. The summed E-state index contributed by atoms with van der Waals surface area (Å²) in [4.78, 5) is 15.6. The zero-order valence-corrected chi connectivity index (χ0v) is 15.3. The molecule has 2 aromatic heterocycles. The normalized spacial score (nSPS) is 18.2. The fourth-order valence-corrected chi connectivity index (χ4v) is 4.04. The molecule has 3 aromatic rings. The minimum Gasteiger partial charge on any atom is -0.355 e. The Bertz CT molecular complexity index is 888. The molecular weight excluding hydrogens is 334 g/mol. The number of nitrogens with zero attached hydrogens (tertiary/aromatic N) is 5. The first-order chi connectivity index (χ1) is 12.1. The average Bonchev–Trinajstić information content (AvgIpc) is 3.02. The van der Waals surface area contributed by atoms with Crippen molar-refractivity contribution in [1.82, 2.24) is 19.5 Å². The standard InChI is InChI=1S/C19H22ClN5/c1-13(2)25-17-8-4-3-7-16(17)23-18(25)14-6-5-9-24(11-14)19-15(20)10-21-12-22-19/h3-4,7-8,10,12-14H,5-6,9,11H2,1-2H3. The summed E-state index contributed by atoms with van der Waals surface area (Å²) in [5.74, 6) is 2.37. The molecular formula is C19H22ClN5. The Hall–Kier alpha value is -2.14. The number of rotatable bonds is 3. The van der Waals surface area contributed by atoms with Gasteiger partial charge >= 0.3 is 0 Å². The minimum atomic E-state index is 0.370. The maximum atomic E-state index is 6.31. The van der Waals surface area contributed by atoms with Crippen LogP contribution in [0.15, 0.2) is 36.8 Å². The van der Waals surface area contributed by atoms with Crippen molar-refractivity contribution in [2.45, 2.75) is 38.6 Å². The molecule has 5 nitrogen and oxygen atoms in total. The lowest BCUT2D eigenvalue weighted by molar-refractivity contribution is 0.458. The molecule has 0 saturated carbocycles. The molecule has 130 valence electrons. The van der Waals surface area contributed by atoms with Crippen molar-refractivity contribution in [3.63, 3.8) is 0 Å². The third-order valence-electron chi connectivity index (χ3n) is 4.87. The third kappa shape index (κ3) is 2.97. The molecule has 1 aliphatic rings. The van der Waals surface area contributed by atoms with Crippen LogP contribution in [0.3, 0.4) is 0 Å². The molecule has 0 N–H and O–H groups in total. The summed E-state index contributed by atoms with van der Waals surface area (Å²) in [6, 6.07) is 8.77. The smallest absolute Gasteiger partial charge is 0.150 e. The number of halogens is 1. The highest BCUT2D eigenvalue weighted by Crippen LogP contribution is 2.34. The van der Waals surface area contributed by atoms with Crippen LogP contribution in [-0.4, -0.2) is 32.6 Å². The van der Waals surface area contributed by atoms with Gasteiger partial charge in [0.25, 0.3) is 0 Å². The molecule has 1 unspecified atom stereocenters. The predicted molar refractivity (Wildman–Crippen MR) is 101 cm³/mol. The van der Waals surface area contributed by atoms with Crippen molar-refractivity contribution < 1.29 is 0 Å². The van der Waals surface area contributed by atoms with E-state index in [9.17, 15) is 0 Å². The van der Waals surface area contributed by atoms with E-state index in [2.05, 4.69) is 57.5 Å². The van der Waals surface area contributed by atoms with Crippen molar-refractivity contribution in [2.24, 2.45) is 0 Å². The summed E-state index contributed by atoms with van der Waals surface area (Å²) < 4.78 is 2.38. The number of imidazole rings is 1. The van der Waals surface area contributed by atoms with Gasteiger partial charge in [-0.15, -0.1) is 0 Å². The van der Waals surface area contributed by atoms with E-state index in [1.165, 1.54) is 11.3 Å². The molecule has 6 heteroatoms. The van der Waals surface area contributed by atoms with Crippen LogP contribution in [0.4, 0.5) is 5.82 Å². The molecule has 1 atom stereocenters. The Morgan fingerprint density at radius 1 is 1.24 bits per heavy atom. The fourth-order valence-electron chi connectivity index (χ4n) is 3.81. The minimum absolute atomic E-state index is 0.370. The van der Waals surface area contributed by atoms with E-state index in [0.29, 0.717) is 17.0 Å². The quantitative estimate of drug-likeness (QED) is 0.696. The van der Waals surface area contributed by atoms with Crippen molar-refractivity contribution in [2.75, 3.05) is 18.0 Å². The molecule has 0 amide bonds. The van der Waals surface area contributed by atoms with Crippen molar-refractivity contribution in [3.8, 4) is 0 Å². The number of anilines is 1. The van der Waals surface area contributed by atoms with Crippen LogP contribution in [0.1, 0.15) is 44.5 Å². The van der Waals surface area contributed by atoms with Gasteiger partial charge in [-0.25, -0.2) is 15.0 Å². The molecule has 4 rings (SSSR count). The lowest BCUT2D eigenvalue weighted by atomic mass is 9.97. The third-order valence-corrected chi connectivity index (χ3v) is 5.14. The molecule has 0 spiro atoms. The molecule has 0 radical (unpaired) electrons. The Morgan fingerprint density at radius 3 is 2.88 bits per heavy atom. The first-order valence-electron chi connectivity index (χ1n) is 8.82. The van der Waals surface area contributed by atoms with Gasteiger partial charge in [-0.3, -0.25) is 0 Å². The summed E-state index contributed by atoms with van der Waals surface area (Å²) in [6.45, 7) is 6.29. The lowest BCUT2D eigenvalue weighted by Gasteiger charge is -2.34. The number of hydrogen-bond acceptors (Lipinski definition) is 4. The maximum absolute atomic E-state index is 6.31. The summed E-state index contributed by atoms with van der Waals surface area (Å²) in [5.41, 5.74) is 2.29. The van der Waals surface area contributed by atoms with Gasteiger partial charge in [-0.1, -0.05) is 23.7 Å². The van der Waals surface area contributed by atoms with E-state index in [4.69, 9.17) is 16.6 Å². The first-order valence-corrected chi connectivity index (χ1v) is 9.20. The Labute approximate surface area is 152 Å². The maximum Gasteiger partial charge on any atom is 0.150 e. The van der Waals surface area contributed by atoms with Crippen LogP contribution in [-0.2, 0) is 0 Å². The summed E-state index contributed by atoms with van der Waals surface area (Å²) in [6.07, 6.45) is 5.46. The highest BCUT2D eigenvalue weighted by Gasteiger charge is 2.28. The summed E-state index contributed by atoms with van der Waals surface area (Å²) >= 11 is 6.31. The summed E-state index contributed by atoms with van der Waals surface area (Å²) in [5, 5.41) is 0.612. The van der Waals surface area contributed by atoms with E-state index >= 15 is 0 Å². The molecule has 0 bridgehead atoms. The Balaban J connectivity index is 1.71. The van der Waals surface area contributed by atoms with E-state index < -0.39 is 0 Å². The number of fused-ring (bicyclic) bond motifs is 1. The molecule has 0 aliphatic carbocycles. The summed E-state index contributed by atoms with van der Waals surface area (Å²) in [7, 11) is 0. The van der Waals surface area contributed by atoms with Crippen LogP contribution < -0.4 is 4.90 Å². The van der Waals surface area contributed by atoms with Crippen LogP contribution in [0, 0.1) is 0 Å². The molecule has 1 saturated heterocycles. The van der Waals surface area contributed by atoms with E-state index in [-0.39, 0.29) is 0 Å². The van der Waals surface area contributed by atoms with Crippen LogP contribution >= 0.6 is 11.6 Å². The van der Waals surface area contributed by atoms with Crippen molar-refractivity contribution in [3.05, 3.63) is 47.6 Å². The van der Waals surface area contributed by atoms with Crippen molar-refractivity contribution in [1.29, 1.82) is 0 Å². The van der Waals surface area contributed by atoms with Gasteiger partial charge in [0.1, 0.15) is 17.2 Å². The average molecular weight is 356 g/mol. The van der Waals surface area contributed by atoms with Crippen molar-refractivity contribution >= 4 is 28.5 Å². The van der Waals surface area contributed by atoms with Crippen LogP contribution in [0.2, 0.25) is 5.02 Å². The molecule has 1 fully saturated rings. The molecule has 1 aromatic carbocycles. The van der Waals surface area contributed by atoms with Gasteiger partial charge in [-0.2, -0.15) is 0 Å². The Kier molecular flexibility index (Phi) is 4.34. The van der Waals surface area contributed by atoms with Crippen LogP contribution in [0.5, 0.6) is 0 Å². The number of aromatic nitrogens is 4. The number of benzene rings is 1. The molecule has 25 heavy (non-hydrogen) atoms. The van der Waals surface area contributed by atoms with Gasteiger partial charge in [0.2, 0.25) is 0 Å². The highest BCUT2D eigenvalue weighted by molar-refractivity contribution is 6.32. The topological polar surface area (TPSA) is 46.8 Å². The van der Waals surface area contributed by atoms with Crippen LogP contribution in [0.25, 0.3) is 11.0 Å². The number of hydrogen-bond donors (Lipinski definition) is 0. The first kappa shape index (κ1) is 16.3. The van der Waals surface area contributed by atoms with E-state index in [0.717, 1.165) is 37.3 Å². The second-order valence-electron chi connectivity index (χ2n) is 6.90. The van der Waals surface area contributed by atoms with Gasteiger partial charge in [0, 0.05) is 25.0 Å². The fraction of sp³-hybridized carbons (Fsp3) is 0.421. The van der Waals surface area contributed by atoms with Gasteiger partial charge < -0.3 is 9.47 Å². The van der Waals surface area contributed by atoms with Gasteiger partial charge in [-0.05, 0) is 38.8 Å². The SMILES string of the molecule is CC(C)n1c(C2CCCN(c3ncncc3Cl)C2)nc2ccccc21. The second kappa shape index (κ2) is 6.64. The molecule has 1 aliphatic heterocycles. The monoisotopic (exact) mass is 355 g/mol. The zero-order chi connectivity index (χ0) is 17.4. The molecule has 3 heterocycles. The van der Waals surface area contributed by atoms with Gasteiger partial charge in [0.15, 0.2) is 5.82 Å². The second-order valence-corrected chi connectivity index (χ2v) is 7.31. The highest BCUT2D eigenvalue weighted by atomic mass is 35.5.